The van der Waals surface area contributed by atoms with Gasteiger partial charge in [-0.1, -0.05) is 0 Å². The van der Waals surface area contributed by atoms with E-state index < -0.39 is 0 Å². The van der Waals surface area contributed by atoms with Gasteiger partial charge < -0.3 is 5.21 Å². The summed E-state index contributed by atoms with van der Waals surface area (Å²) < 4.78 is 13.7. The van der Waals surface area contributed by atoms with E-state index in [1.54, 1.807) is 19.1 Å². The van der Waals surface area contributed by atoms with E-state index >= 15 is 0 Å². The van der Waals surface area contributed by atoms with Gasteiger partial charge in [0.15, 0.2) is 0 Å². The Kier molecular flexibility index (Phi) is 1.33. The minimum atomic E-state index is -0.337. The van der Waals surface area contributed by atoms with Gasteiger partial charge >= 0.3 is 0 Å². The summed E-state index contributed by atoms with van der Waals surface area (Å²) in [6, 6.07) is 6.13. The van der Waals surface area contributed by atoms with Crippen LogP contribution in [0, 0.1) is 12.7 Å². The van der Waals surface area contributed by atoms with Crippen LogP contribution in [0.5, 0.6) is 0 Å². The Morgan fingerprint density at radius 2 is 2.08 bits per heavy atom. The van der Waals surface area contributed by atoms with Gasteiger partial charge in [-0.3, -0.25) is 0 Å². The van der Waals surface area contributed by atoms with Crippen molar-refractivity contribution >= 4 is 10.9 Å². The second-order valence-electron chi connectivity index (χ2n) is 2.80. The summed E-state index contributed by atoms with van der Waals surface area (Å²) in [6.07, 6.45) is 0. The summed E-state index contributed by atoms with van der Waals surface area (Å²) in [5.41, 5.74) is 1.21. The molecule has 0 amide bonds. The molecule has 0 saturated heterocycles. The van der Waals surface area contributed by atoms with Gasteiger partial charge in [0, 0.05) is 11.5 Å². The van der Waals surface area contributed by atoms with Gasteiger partial charge in [0.05, 0.1) is 11.2 Å². The number of benzene rings is 1. The molecule has 0 atom stereocenters. The van der Waals surface area contributed by atoms with Crippen LogP contribution < -0.4 is 0 Å². The molecule has 0 bridgehead atoms. The van der Waals surface area contributed by atoms with Gasteiger partial charge in [-0.15, -0.1) is 0 Å². The molecule has 2 rings (SSSR count). The normalized spacial score (nSPS) is 10.8. The van der Waals surface area contributed by atoms with Crippen LogP contribution in [-0.4, -0.2) is 9.94 Å². The summed E-state index contributed by atoms with van der Waals surface area (Å²) in [6.45, 7) is 1.76. The Hall–Kier alpha value is -1.51. The Labute approximate surface area is 68.8 Å². The SMILES string of the molecule is Cc1cc2ccc(F)cc2n1O. The molecule has 1 N–H and O–H groups in total. The molecule has 0 saturated carbocycles. The molecule has 3 heteroatoms. The molecular weight excluding hydrogens is 157 g/mol. The van der Waals surface area contributed by atoms with Gasteiger partial charge in [-0.2, -0.15) is 4.73 Å². The van der Waals surface area contributed by atoms with Crippen LogP contribution in [0.1, 0.15) is 5.69 Å². The first-order chi connectivity index (χ1) is 5.68. The third-order valence-corrected chi connectivity index (χ3v) is 1.92. The quantitative estimate of drug-likeness (QED) is 0.595. The van der Waals surface area contributed by atoms with Crippen molar-refractivity contribution in [2.24, 2.45) is 0 Å². The minimum absolute atomic E-state index is 0.337. The second kappa shape index (κ2) is 2.24. The van der Waals surface area contributed by atoms with Crippen molar-refractivity contribution < 1.29 is 9.60 Å². The molecule has 0 aliphatic heterocycles. The van der Waals surface area contributed by atoms with Crippen LogP contribution in [0.15, 0.2) is 24.3 Å². The number of nitrogens with zero attached hydrogens (tertiary/aromatic N) is 1. The number of halogens is 1. The van der Waals surface area contributed by atoms with Gasteiger partial charge in [0.25, 0.3) is 0 Å². The Balaban J connectivity index is 2.88. The predicted octanol–water partition coefficient (Wildman–Crippen LogP) is 2.33. The third-order valence-electron chi connectivity index (χ3n) is 1.92. The zero-order valence-electron chi connectivity index (χ0n) is 6.58. The molecule has 1 aromatic heterocycles. The molecule has 0 fully saturated rings. The van der Waals surface area contributed by atoms with Crippen molar-refractivity contribution in [3.8, 4) is 0 Å². The smallest absolute Gasteiger partial charge is 0.125 e. The minimum Gasteiger partial charge on any atom is -0.428 e. The highest BCUT2D eigenvalue weighted by Gasteiger charge is 2.04. The first kappa shape index (κ1) is 7.16. The molecule has 2 nitrogen and oxygen atoms in total. The average molecular weight is 165 g/mol. The third kappa shape index (κ3) is 0.863. The standard InChI is InChI=1S/C9H8FNO/c1-6-4-7-2-3-8(10)5-9(7)11(6)12/h2-5,12H,1H3. The summed E-state index contributed by atoms with van der Waals surface area (Å²) in [5, 5.41) is 10.2. The number of aryl methyl sites for hydroxylation is 1. The number of hydrogen-bond acceptors (Lipinski definition) is 1. The van der Waals surface area contributed by atoms with Crippen LogP contribution in [0.25, 0.3) is 10.9 Å². The molecule has 0 spiro atoms. The number of rotatable bonds is 0. The van der Waals surface area contributed by atoms with Crippen LogP contribution in [0.2, 0.25) is 0 Å². The molecule has 2 aromatic rings. The van der Waals surface area contributed by atoms with Crippen LogP contribution in [0.3, 0.4) is 0 Å². The van der Waals surface area contributed by atoms with Gasteiger partial charge in [-0.05, 0) is 25.1 Å². The van der Waals surface area contributed by atoms with Crippen molar-refractivity contribution in [3.05, 3.63) is 35.8 Å². The summed E-state index contributed by atoms with van der Waals surface area (Å²) >= 11 is 0. The van der Waals surface area contributed by atoms with Crippen LogP contribution >= 0.6 is 0 Å². The molecule has 1 heterocycles. The highest BCUT2D eigenvalue weighted by molar-refractivity contribution is 5.80. The van der Waals surface area contributed by atoms with Gasteiger partial charge in [0.1, 0.15) is 5.82 Å². The molecule has 0 aliphatic carbocycles. The highest BCUT2D eigenvalue weighted by atomic mass is 19.1. The topological polar surface area (TPSA) is 25.2 Å². The number of hydrogen-bond donors (Lipinski definition) is 1. The maximum absolute atomic E-state index is 12.7. The molecule has 0 aliphatic rings. The zero-order valence-corrected chi connectivity index (χ0v) is 6.58. The van der Waals surface area contributed by atoms with E-state index in [2.05, 4.69) is 0 Å². The lowest BCUT2D eigenvalue weighted by atomic mass is 10.2. The van der Waals surface area contributed by atoms with Crippen molar-refractivity contribution in [2.45, 2.75) is 6.92 Å². The Morgan fingerprint density at radius 3 is 2.83 bits per heavy atom. The molecule has 0 unspecified atom stereocenters. The molecule has 0 radical (unpaired) electrons. The first-order valence-corrected chi connectivity index (χ1v) is 3.65. The van der Waals surface area contributed by atoms with E-state index in [1.807, 2.05) is 0 Å². The summed E-state index contributed by atoms with van der Waals surface area (Å²) in [5.74, 6) is -0.337. The van der Waals surface area contributed by atoms with Crippen molar-refractivity contribution in [3.63, 3.8) is 0 Å². The first-order valence-electron chi connectivity index (χ1n) is 3.65. The highest BCUT2D eigenvalue weighted by Crippen LogP contribution is 2.18. The fraction of sp³-hybridized carbons (Fsp3) is 0.111. The summed E-state index contributed by atoms with van der Waals surface area (Å²) in [4.78, 5) is 0. The fourth-order valence-corrected chi connectivity index (χ4v) is 1.30. The molecule has 12 heavy (non-hydrogen) atoms. The van der Waals surface area contributed by atoms with Gasteiger partial charge in [-0.25, -0.2) is 4.39 Å². The van der Waals surface area contributed by atoms with E-state index in [0.29, 0.717) is 11.2 Å². The molecular formula is C9H8FNO. The van der Waals surface area contributed by atoms with Crippen molar-refractivity contribution in [1.82, 2.24) is 4.73 Å². The molecule has 62 valence electrons. The van der Waals surface area contributed by atoms with Gasteiger partial charge in [0.2, 0.25) is 0 Å². The second-order valence-corrected chi connectivity index (χ2v) is 2.80. The van der Waals surface area contributed by atoms with E-state index in [9.17, 15) is 9.60 Å². The van der Waals surface area contributed by atoms with E-state index in [4.69, 9.17) is 0 Å². The van der Waals surface area contributed by atoms with Crippen LogP contribution in [-0.2, 0) is 0 Å². The number of aromatic nitrogens is 1. The van der Waals surface area contributed by atoms with E-state index in [1.165, 1.54) is 12.1 Å². The van der Waals surface area contributed by atoms with E-state index in [-0.39, 0.29) is 5.82 Å². The zero-order chi connectivity index (χ0) is 8.72. The Bertz CT molecular complexity index is 433. The lowest BCUT2D eigenvalue weighted by Crippen LogP contribution is -1.91. The average Bonchev–Trinajstić information content (AvgIpc) is 2.31. The maximum atomic E-state index is 12.7. The predicted molar refractivity (Wildman–Crippen MR) is 43.8 cm³/mol. The lowest BCUT2D eigenvalue weighted by molar-refractivity contribution is 0.193. The van der Waals surface area contributed by atoms with Crippen LogP contribution in [0.4, 0.5) is 4.39 Å². The number of fused-ring (bicyclic) bond motifs is 1. The monoisotopic (exact) mass is 165 g/mol. The molecule has 1 aromatic carbocycles. The lowest BCUT2D eigenvalue weighted by Gasteiger charge is -1.95. The Morgan fingerprint density at radius 1 is 1.33 bits per heavy atom. The maximum Gasteiger partial charge on any atom is 0.125 e. The van der Waals surface area contributed by atoms with E-state index in [0.717, 1.165) is 10.1 Å². The largest absolute Gasteiger partial charge is 0.428 e. The fourth-order valence-electron chi connectivity index (χ4n) is 1.30. The van der Waals surface area contributed by atoms with Crippen molar-refractivity contribution in [1.29, 1.82) is 0 Å². The van der Waals surface area contributed by atoms with Crippen molar-refractivity contribution in [2.75, 3.05) is 0 Å². The summed E-state index contributed by atoms with van der Waals surface area (Å²) in [7, 11) is 0.